The van der Waals surface area contributed by atoms with Crippen molar-refractivity contribution in [2.45, 2.75) is 0 Å². The van der Waals surface area contributed by atoms with Crippen molar-refractivity contribution < 1.29 is 17.9 Å². The molecule has 0 bridgehead atoms. The second-order valence-electron chi connectivity index (χ2n) is 3.81. The lowest BCUT2D eigenvalue weighted by Crippen LogP contribution is -2.10. The minimum Gasteiger partial charge on any atom is -0.451 e. The van der Waals surface area contributed by atoms with Crippen molar-refractivity contribution in [2.75, 3.05) is 0 Å². The Morgan fingerprint density at radius 3 is 2.15 bits per heavy atom. The Kier molecular flexibility index (Phi) is 4.15. The number of ether oxygens (including phenoxy) is 1. The van der Waals surface area contributed by atoms with Crippen molar-refractivity contribution in [3.05, 3.63) is 58.4 Å². The molecule has 0 radical (unpaired) electrons. The summed E-state index contributed by atoms with van der Waals surface area (Å²) in [5, 5.41) is -0.219. The highest BCUT2D eigenvalue weighted by atomic mass is 35.5. The highest BCUT2D eigenvalue weighted by Gasteiger charge is 2.15. The average molecular weight is 318 g/mol. The lowest BCUT2D eigenvalue weighted by molar-refractivity contribution is 0.406. The summed E-state index contributed by atoms with van der Waals surface area (Å²) in [6, 6.07) is 5.23. The van der Waals surface area contributed by atoms with Crippen LogP contribution in [0.5, 0.6) is 11.5 Å². The summed E-state index contributed by atoms with van der Waals surface area (Å²) in [7, 11) is 0. The summed E-state index contributed by atoms with van der Waals surface area (Å²) in [6.45, 7) is 0. The first-order valence-corrected chi connectivity index (χ1v) is 6.09. The van der Waals surface area contributed by atoms with Crippen LogP contribution in [0.2, 0.25) is 5.02 Å². The van der Waals surface area contributed by atoms with Gasteiger partial charge in [-0.25, -0.2) is 13.2 Å². The molecule has 2 aromatic carbocycles. The number of hydrogen-bond donors (Lipinski definition) is 1. The molecule has 0 saturated carbocycles. The van der Waals surface area contributed by atoms with Gasteiger partial charge in [0, 0.05) is 11.6 Å². The van der Waals surface area contributed by atoms with Gasteiger partial charge < -0.3 is 10.5 Å². The van der Waals surface area contributed by atoms with Gasteiger partial charge in [-0.1, -0.05) is 23.8 Å². The van der Waals surface area contributed by atoms with E-state index in [-0.39, 0.29) is 21.3 Å². The smallest absolute Gasteiger partial charge is 0.198 e. The minimum atomic E-state index is -0.978. The van der Waals surface area contributed by atoms with E-state index in [1.807, 2.05) is 0 Å². The van der Waals surface area contributed by atoms with Gasteiger partial charge in [0.05, 0.1) is 5.02 Å². The fourth-order valence-corrected chi connectivity index (χ4v) is 1.75. The van der Waals surface area contributed by atoms with Crippen LogP contribution in [0, 0.1) is 17.5 Å². The maximum Gasteiger partial charge on any atom is 0.198 e. The Hall–Kier alpha value is -1.79. The number of hydrogen-bond acceptors (Lipinski definition) is 2. The Morgan fingerprint density at radius 1 is 1.05 bits per heavy atom. The molecule has 0 aliphatic carbocycles. The van der Waals surface area contributed by atoms with E-state index < -0.39 is 23.2 Å². The molecule has 20 heavy (non-hydrogen) atoms. The molecule has 7 heteroatoms. The molecule has 0 amide bonds. The quantitative estimate of drug-likeness (QED) is 0.862. The number of nitrogens with two attached hydrogens (primary N) is 1. The molecule has 0 spiro atoms. The summed E-state index contributed by atoms with van der Waals surface area (Å²) in [5.41, 5.74) is 5.33. The molecule has 0 aromatic heterocycles. The van der Waals surface area contributed by atoms with E-state index >= 15 is 0 Å². The van der Waals surface area contributed by atoms with Gasteiger partial charge in [-0.05, 0) is 24.3 Å². The molecule has 0 fully saturated rings. The van der Waals surface area contributed by atoms with E-state index in [0.717, 1.165) is 24.3 Å². The summed E-state index contributed by atoms with van der Waals surface area (Å²) in [5.74, 6) is -3.27. The average Bonchev–Trinajstić information content (AvgIpc) is 2.37. The fourth-order valence-electron chi connectivity index (χ4n) is 1.46. The van der Waals surface area contributed by atoms with Crippen molar-refractivity contribution >= 4 is 28.8 Å². The van der Waals surface area contributed by atoms with Crippen LogP contribution in [0.1, 0.15) is 5.56 Å². The molecule has 0 unspecified atom stereocenters. The van der Waals surface area contributed by atoms with Crippen molar-refractivity contribution in [2.24, 2.45) is 5.73 Å². The first-order valence-electron chi connectivity index (χ1n) is 5.30. The highest BCUT2D eigenvalue weighted by Crippen LogP contribution is 2.30. The Balaban J connectivity index is 2.38. The van der Waals surface area contributed by atoms with Crippen LogP contribution in [0.3, 0.4) is 0 Å². The molecule has 0 saturated heterocycles. The number of rotatable bonds is 3. The summed E-state index contributed by atoms with van der Waals surface area (Å²) < 4.78 is 45.5. The number of benzene rings is 2. The summed E-state index contributed by atoms with van der Waals surface area (Å²) in [6.07, 6.45) is 0. The van der Waals surface area contributed by atoms with Gasteiger partial charge in [-0.3, -0.25) is 0 Å². The van der Waals surface area contributed by atoms with E-state index in [0.29, 0.717) is 0 Å². The van der Waals surface area contributed by atoms with Crippen LogP contribution < -0.4 is 10.5 Å². The Labute approximate surface area is 122 Å². The summed E-state index contributed by atoms with van der Waals surface area (Å²) >= 11 is 10.2. The first kappa shape index (κ1) is 14.6. The molecule has 2 rings (SSSR count). The minimum absolute atomic E-state index is 0.00252. The van der Waals surface area contributed by atoms with Gasteiger partial charge in [0.2, 0.25) is 0 Å². The molecular weight excluding hydrogens is 311 g/mol. The Morgan fingerprint density at radius 2 is 1.65 bits per heavy atom. The van der Waals surface area contributed by atoms with Crippen LogP contribution >= 0.6 is 23.8 Å². The molecule has 0 aliphatic heterocycles. The second kappa shape index (κ2) is 5.68. The zero-order valence-corrected chi connectivity index (χ0v) is 11.4. The van der Waals surface area contributed by atoms with Crippen LogP contribution in [0.25, 0.3) is 0 Å². The maximum atomic E-state index is 13.7. The standard InChI is InChI=1S/C13H7ClF3NOS/c14-8-5-7(1-2-9(8)15)19-12-10(16)3-6(13(18)20)4-11(12)17/h1-5H,(H2,18,20). The molecule has 0 heterocycles. The van der Waals surface area contributed by atoms with Gasteiger partial charge in [0.1, 0.15) is 16.6 Å². The zero-order valence-electron chi connectivity index (χ0n) is 9.79. The van der Waals surface area contributed by atoms with Gasteiger partial charge in [-0.2, -0.15) is 0 Å². The molecular formula is C13H7ClF3NOS. The van der Waals surface area contributed by atoms with Crippen LogP contribution in [0.4, 0.5) is 13.2 Å². The lowest BCUT2D eigenvalue weighted by Gasteiger charge is -2.10. The fraction of sp³-hybridized carbons (Fsp3) is 0. The third-order valence-corrected chi connectivity index (χ3v) is 2.92. The van der Waals surface area contributed by atoms with Gasteiger partial charge >= 0.3 is 0 Å². The largest absolute Gasteiger partial charge is 0.451 e. The predicted molar refractivity (Wildman–Crippen MR) is 73.7 cm³/mol. The molecule has 0 aliphatic rings. The second-order valence-corrected chi connectivity index (χ2v) is 4.66. The van der Waals surface area contributed by atoms with Gasteiger partial charge in [-0.15, -0.1) is 0 Å². The maximum absolute atomic E-state index is 13.7. The zero-order chi connectivity index (χ0) is 14.9. The summed E-state index contributed by atoms with van der Waals surface area (Å²) in [4.78, 5) is -0.140. The van der Waals surface area contributed by atoms with Crippen LogP contribution in [-0.4, -0.2) is 4.99 Å². The Bertz CT molecular complexity index is 670. The van der Waals surface area contributed by atoms with Crippen molar-refractivity contribution in [3.63, 3.8) is 0 Å². The van der Waals surface area contributed by atoms with E-state index in [2.05, 4.69) is 12.2 Å². The van der Waals surface area contributed by atoms with Crippen LogP contribution in [0.15, 0.2) is 30.3 Å². The third-order valence-electron chi connectivity index (χ3n) is 2.39. The van der Waals surface area contributed by atoms with Crippen LogP contribution in [-0.2, 0) is 0 Å². The normalized spacial score (nSPS) is 10.4. The van der Waals surface area contributed by atoms with E-state index in [1.165, 1.54) is 6.07 Å². The molecule has 2 nitrogen and oxygen atoms in total. The van der Waals surface area contributed by atoms with E-state index in [1.54, 1.807) is 0 Å². The molecule has 104 valence electrons. The first-order chi connectivity index (χ1) is 9.38. The topological polar surface area (TPSA) is 35.2 Å². The monoisotopic (exact) mass is 317 g/mol. The highest BCUT2D eigenvalue weighted by molar-refractivity contribution is 7.80. The van der Waals surface area contributed by atoms with E-state index in [9.17, 15) is 13.2 Å². The molecule has 2 aromatic rings. The van der Waals surface area contributed by atoms with Gasteiger partial charge in [0.25, 0.3) is 0 Å². The van der Waals surface area contributed by atoms with E-state index in [4.69, 9.17) is 22.1 Å². The molecule has 0 atom stereocenters. The lowest BCUT2D eigenvalue weighted by atomic mass is 10.2. The molecule has 2 N–H and O–H groups in total. The van der Waals surface area contributed by atoms with Gasteiger partial charge in [0.15, 0.2) is 17.4 Å². The van der Waals surface area contributed by atoms with Crippen molar-refractivity contribution in [3.8, 4) is 11.5 Å². The third kappa shape index (κ3) is 3.02. The number of thiocarbonyl (C=S) groups is 1. The number of halogens is 4. The van der Waals surface area contributed by atoms with Crippen molar-refractivity contribution in [1.82, 2.24) is 0 Å². The SMILES string of the molecule is NC(=S)c1cc(F)c(Oc2ccc(F)c(Cl)c2)c(F)c1. The predicted octanol–water partition coefficient (Wildman–Crippen LogP) is 4.18. The van der Waals surface area contributed by atoms with Crippen molar-refractivity contribution in [1.29, 1.82) is 0 Å².